The zero-order chi connectivity index (χ0) is 13.0. The van der Waals surface area contributed by atoms with E-state index in [1.807, 2.05) is 42.5 Å². The van der Waals surface area contributed by atoms with Crippen LogP contribution in [0.15, 0.2) is 46.9 Å². The molecule has 0 saturated carbocycles. The fraction of sp³-hybridized carbons (Fsp3) is 0.0714. The summed E-state index contributed by atoms with van der Waals surface area (Å²) in [6, 6.07) is 15.3. The normalized spacial score (nSPS) is 9.83. The molecule has 0 aromatic heterocycles. The van der Waals surface area contributed by atoms with Gasteiger partial charge in [-0.3, -0.25) is 0 Å². The van der Waals surface area contributed by atoms with Crippen LogP contribution in [0.25, 0.3) is 0 Å². The number of nitriles is 1. The number of benzene rings is 2. The minimum Gasteiger partial charge on any atom is -0.455 e. The third kappa shape index (κ3) is 2.92. The molecule has 0 saturated heterocycles. The van der Waals surface area contributed by atoms with Crippen LogP contribution >= 0.6 is 31.9 Å². The first-order chi connectivity index (χ1) is 8.74. The Hall–Kier alpha value is -1.31. The maximum atomic E-state index is 9.13. The molecule has 0 aliphatic rings. The molecule has 0 heterocycles. The van der Waals surface area contributed by atoms with Gasteiger partial charge in [-0.05, 0) is 45.8 Å². The van der Waals surface area contributed by atoms with Crippen molar-refractivity contribution in [2.45, 2.75) is 5.33 Å². The minimum absolute atomic E-state index is 0.530. The Labute approximate surface area is 122 Å². The van der Waals surface area contributed by atoms with E-state index in [1.54, 1.807) is 0 Å². The van der Waals surface area contributed by atoms with Gasteiger partial charge in [-0.25, -0.2) is 0 Å². The molecule has 0 fully saturated rings. The molecule has 4 heteroatoms. The molecule has 0 N–H and O–H groups in total. The van der Waals surface area contributed by atoms with Crippen molar-refractivity contribution in [3.8, 4) is 17.6 Å². The van der Waals surface area contributed by atoms with Crippen LogP contribution in [0.3, 0.4) is 0 Å². The molecule has 0 atom stereocenters. The van der Waals surface area contributed by atoms with Crippen LogP contribution in [0.2, 0.25) is 0 Å². The first-order valence-corrected chi connectivity index (χ1v) is 7.17. The molecular weight excluding hydrogens is 358 g/mol. The highest BCUT2D eigenvalue weighted by Gasteiger charge is 2.07. The summed E-state index contributed by atoms with van der Waals surface area (Å²) in [6.45, 7) is 0. The number of hydrogen-bond acceptors (Lipinski definition) is 2. The second-order valence-corrected chi connectivity index (χ2v) is 5.02. The lowest BCUT2D eigenvalue weighted by molar-refractivity contribution is 0.478. The Bertz CT molecular complexity index is 605. The molecule has 90 valence electrons. The van der Waals surface area contributed by atoms with Gasteiger partial charge in [0.2, 0.25) is 0 Å². The standard InChI is InChI=1S/C14H9Br2NO/c15-8-10-5-6-13(11(7-10)9-17)18-14-4-2-1-3-12(14)16/h1-7H,8H2. The van der Waals surface area contributed by atoms with E-state index in [2.05, 4.69) is 37.9 Å². The van der Waals surface area contributed by atoms with E-state index in [-0.39, 0.29) is 0 Å². The van der Waals surface area contributed by atoms with Crippen LogP contribution in [0.5, 0.6) is 11.5 Å². The van der Waals surface area contributed by atoms with Crippen molar-refractivity contribution in [1.29, 1.82) is 5.26 Å². The van der Waals surface area contributed by atoms with E-state index < -0.39 is 0 Å². The molecule has 0 amide bonds. The van der Waals surface area contributed by atoms with Crippen molar-refractivity contribution in [2.24, 2.45) is 0 Å². The summed E-state index contributed by atoms with van der Waals surface area (Å²) in [4.78, 5) is 0. The van der Waals surface area contributed by atoms with Crippen LogP contribution < -0.4 is 4.74 Å². The van der Waals surface area contributed by atoms with E-state index in [9.17, 15) is 0 Å². The van der Waals surface area contributed by atoms with Crippen molar-refractivity contribution in [2.75, 3.05) is 0 Å². The summed E-state index contributed by atoms with van der Waals surface area (Å²) >= 11 is 6.78. The zero-order valence-corrected chi connectivity index (χ0v) is 12.5. The number of nitrogens with zero attached hydrogens (tertiary/aromatic N) is 1. The number of alkyl halides is 1. The average molecular weight is 367 g/mol. The summed E-state index contributed by atoms with van der Waals surface area (Å²) in [5.41, 5.74) is 1.58. The van der Waals surface area contributed by atoms with Crippen LogP contribution in [0, 0.1) is 11.3 Å². The fourth-order valence-electron chi connectivity index (χ4n) is 1.48. The molecule has 0 radical (unpaired) electrons. The molecule has 2 aromatic carbocycles. The Morgan fingerprint density at radius 3 is 2.56 bits per heavy atom. The SMILES string of the molecule is N#Cc1cc(CBr)ccc1Oc1ccccc1Br. The number of hydrogen-bond donors (Lipinski definition) is 0. The molecule has 2 nitrogen and oxygen atoms in total. The summed E-state index contributed by atoms with van der Waals surface area (Å²) in [6.07, 6.45) is 0. The van der Waals surface area contributed by atoms with Gasteiger partial charge < -0.3 is 4.74 Å². The molecule has 2 rings (SSSR count). The second-order valence-electron chi connectivity index (χ2n) is 3.61. The van der Waals surface area contributed by atoms with Crippen molar-refractivity contribution in [1.82, 2.24) is 0 Å². The first-order valence-electron chi connectivity index (χ1n) is 5.26. The smallest absolute Gasteiger partial charge is 0.145 e. The summed E-state index contributed by atoms with van der Waals surface area (Å²) in [5, 5.41) is 9.85. The molecular formula is C14H9Br2NO. The Balaban J connectivity index is 2.35. The quantitative estimate of drug-likeness (QED) is 0.715. The van der Waals surface area contributed by atoms with Gasteiger partial charge in [-0.1, -0.05) is 34.1 Å². The van der Waals surface area contributed by atoms with Crippen LogP contribution in [-0.4, -0.2) is 0 Å². The zero-order valence-electron chi connectivity index (χ0n) is 9.36. The third-order valence-corrected chi connectivity index (χ3v) is 3.68. The lowest BCUT2D eigenvalue weighted by atomic mass is 10.1. The van der Waals surface area contributed by atoms with Gasteiger partial charge in [-0.15, -0.1) is 0 Å². The number of para-hydroxylation sites is 1. The molecule has 0 aliphatic heterocycles. The van der Waals surface area contributed by atoms with Crippen molar-refractivity contribution in [3.63, 3.8) is 0 Å². The highest BCUT2D eigenvalue weighted by molar-refractivity contribution is 9.10. The second kappa shape index (κ2) is 6.03. The molecule has 0 unspecified atom stereocenters. The van der Waals surface area contributed by atoms with Gasteiger partial charge in [0.15, 0.2) is 0 Å². The Morgan fingerprint density at radius 2 is 1.89 bits per heavy atom. The summed E-state index contributed by atoms with van der Waals surface area (Å²) < 4.78 is 6.61. The maximum Gasteiger partial charge on any atom is 0.145 e. The summed E-state index contributed by atoms with van der Waals surface area (Å²) in [5.74, 6) is 1.26. The maximum absolute atomic E-state index is 9.13. The molecule has 2 aromatic rings. The number of halogens is 2. The monoisotopic (exact) mass is 365 g/mol. The van der Waals surface area contributed by atoms with Gasteiger partial charge in [-0.2, -0.15) is 5.26 Å². The van der Waals surface area contributed by atoms with Crippen molar-refractivity contribution in [3.05, 3.63) is 58.1 Å². The molecule has 0 spiro atoms. The first kappa shape index (κ1) is 13.1. The van der Waals surface area contributed by atoms with E-state index in [4.69, 9.17) is 10.00 Å². The van der Waals surface area contributed by atoms with Crippen molar-refractivity contribution >= 4 is 31.9 Å². The highest BCUT2D eigenvalue weighted by Crippen LogP contribution is 2.31. The van der Waals surface area contributed by atoms with E-state index in [0.717, 1.165) is 15.4 Å². The lowest BCUT2D eigenvalue weighted by Crippen LogP contribution is -1.90. The van der Waals surface area contributed by atoms with Crippen LogP contribution in [-0.2, 0) is 5.33 Å². The van der Waals surface area contributed by atoms with Gasteiger partial charge in [0.25, 0.3) is 0 Å². The predicted octanol–water partition coefficient (Wildman–Crippen LogP) is 5.01. The minimum atomic E-state index is 0.530. The van der Waals surface area contributed by atoms with Gasteiger partial charge in [0.1, 0.15) is 17.6 Å². The summed E-state index contributed by atoms with van der Waals surface area (Å²) in [7, 11) is 0. The Kier molecular flexibility index (Phi) is 4.40. The topological polar surface area (TPSA) is 33.0 Å². The fourth-order valence-corrected chi connectivity index (χ4v) is 2.20. The lowest BCUT2D eigenvalue weighted by Gasteiger charge is -2.09. The predicted molar refractivity (Wildman–Crippen MR) is 78.0 cm³/mol. The molecule has 18 heavy (non-hydrogen) atoms. The van der Waals surface area contributed by atoms with Gasteiger partial charge in [0.05, 0.1) is 10.0 Å². The highest BCUT2D eigenvalue weighted by atomic mass is 79.9. The number of ether oxygens (including phenoxy) is 1. The van der Waals surface area contributed by atoms with Crippen LogP contribution in [0.4, 0.5) is 0 Å². The van der Waals surface area contributed by atoms with Crippen LogP contribution in [0.1, 0.15) is 11.1 Å². The third-order valence-electron chi connectivity index (χ3n) is 2.38. The van der Waals surface area contributed by atoms with Gasteiger partial charge >= 0.3 is 0 Å². The van der Waals surface area contributed by atoms with E-state index in [1.165, 1.54) is 0 Å². The van der Waals surface area contributed by atoms with E-state index in [0.29, 0.717) is 17.1 Å². The Morgan fingerprint density at radius 1 is 1.11 bits per heavy atom. The van der Waals surface area contributed by atoms with E-state index >= 15 is 0 Å². The van der Waals surface area contributed by atoms with Gasteiger partial charge in [0, 0.05) is 5.33 Å². The number of rotatable bonds is 3. The molecule has 0 aliphatic carbocycles. The largest absolute Gasteiger partial charge is 0.455 e. The molecule has 0 bridgehead atoms. The van der Waals surface area contributed by atoms with Crippen molar-refractivity contribution < 1.29 is 4.74 Å². The average Bonchev–Trinajstić information content (AvgIpc) is 2.41.